The van der Waals surface area contributed by atoms with Gasteiger partial charge in [0.25, 0.3) is 0 Å². The molecule has 2 atom stereocenters. The average molecular weight is 481 g/mol. The normalized spacial score (nSPS) is 18.2. The van der Waals surface area contributed by atoms with Crippen LogP contribution in [0.25, 0.3) is 11.1 Å². The quantitative estimate of drug-likeness (QED) is 0.564. The van der Waals surface area contributed by atoms with Gasteiger partial charge in [-0.3, -0.25) is 4.79 Å². The molecular formula is C27H36N4O4. The first-order valence-corrected chi connectivity index (χ1v) is 12.5. The fraction of sp³-hybridized carbons (Fsp3) is 0.481. The summed E-state index contributed by atoms with van der Waals surface area (Å²) in [6.07, 6.45) is 2.81. The van der Waals surface area contributed by atoms with Crippen LogP contribution in [0.4, 0.5) is 16.2 Å². The molecule has 4 rings (SSSR count). The van der Waals surface area contributed by atoms with Crippen LogP contribution in [0.15, 0.2) is 48.5 Å². The SMILES string of the molecule is C[C@@H](O)[C@H](NC(=O)N1CCN(c2ccc(-c3ccc(N4CCCCC4)cc3)cc2)CC1)C(=O)CO. The summed E-state index contributed by atoms with van der Waals surface area (Å²) in [5.41, 5.74) is 4.78. The van der Waals surface area contributed by atoms with Crippen molar-refractivity contribution in [1.29, 1.82) is 0 Å². The monoisotopic (exact) mass is 480 g/mol. The number of carbonyl (C=O) groups excluding carboxylic acids is 2. The molecule has 0 aromatic heterocycles. The Morgan fingerprint density at radius 2 is 1.29 bits per heavy atom. The number of Topliss-reactive ketones (excluding diaryl/α,β-unsaturated/α-hetero) is 1. The Labute approximate surface area is 207 Å². The molecule has 2 aliphatic rings. The minimum absolute atomic E-state index is 0.402. The predicted octanol–water partition coefficient (Wildman–Crippen LogP) is 2.49. The lowest BCUT2D eigenvalue weighted by atomic mass is 10.0. The van der Waals surface area contributed by atoms with Crippen molar-refractivity contribution in [3.63, 3.8) is 0 Å². The highest BCUT2D eigenvalue weighted by Crippen LogP contribution is 2.27. The number of aliphatic hydroxyl groups excluding tert-OH is 2. The van der Waals surface area contributed by atoms with Crippen LogP contribution in [0.5, 0.6) is 0 Å². The first-order chi connectivity index (χ1) is 17.0. The average Bonchev–Trinajstić information content (AvgIpc) is 2.92. The number of carbonyl (C=O) groups is 2. The highest BCUT2D eigenvalue weighted by Gasteiger charge is 2.28. The molecule has 0 bridgehead atoms. The maximum atomic E-state index is 12.6. The lowest BCUT2D eigenvalue weighted by Gasteiger charge is -2.37. The maximum absolute atomic E-state index is 12.6. The molecule has 35 heavy (non-hydrogen) atoms. The van der Waals surface area contributed by atoms with E-state index in [4.69, 9.17) is 5.11 Å². The zero-order valence-corrected chi connectivity index (χ0v) is 20.4. The Kier molecular flexibility index (Phi) is 8.25. The second-order valence-corrected chi connectivity index (χ2v) is 9.41. The van der Waals surface area contributed by atoms with Crippen LogP contribution in [0.2, 0.25) is 0 Å². The third-order valence-electron chi connectivity index (χ3n) is 6.99. The van der Waals surface area contributed by atoms with E-state index in [1.807, 2.05) is 0 Å². The standard InChI is InChI=1S/C27H36N4O4/c1-20(33)26(25(34)19-32)28-27(35)31-17-15-30(16-18-31)24-11-7-22(8-12-24)21-5-9-23(10-6-21)29-13-3-2-4-14-29/h5-12,20,26,32-33H,2-4,13-19H2,1H3,(H,28,35)/t20-,26+/m1/s1. The molecule has 2 fully saturated rings. The van der Waals surface area contributed by atoms with Crippen molar-refractivity contribution in [1.82, 2.24) is 10.2 Å². The number of ketones is 1. The summed E-state index contributed by atoms with van der Waals surface area (Å²) in [4.78, 5) is 30.7. The zero-order valence-electron chi connectivity index (χ0n) is 20.4. The molecule has 0 radical (unpaired) electrons. The molecule has 8 nitrogen and oxygen atoms in total. The van der Waals surface area contributed by atoms with E-state index in [9.17, 15) is 14.7 Å². The molecule has 2 aromatic rings. The lowest BCUT2D eigenvalue weighted by molar-refractivity contribution is -0.125. The van der Waals surface area contributed by atoms with Gasteiger partial charge in [0, 0.05) is 50.6 Å². The van der Waals surface area contributed by atoms with E-state index < -0.39 is 30.6 Å². The topological polar surface area (TPSA) is 96.4 Å². The summed E-state index contributed by atoms with van der Waals surface area (Å²) in [5, 5.41) is 21.4. The van der Waals surface area contributed by atoms with Gasteiger partial charge in [-0.2, -0.15) is 0 Å². The number of piperazine rings is 1. The number of nitrogens with one attached hydrogen (secondary N) is 1. The van der Waals surface area contributed by atoms with Gasteiger partial charge in [0.15, 0.2) is 5.78 Å². The highest BCUT2D eigenvalue weighted by molar-refractivity contribution is 5.89. The number of aliphatic hydroxyl groups is 2. The van der Waals surface area contributed by atoms with Gasteiger partial charge in [-0.25, -0.2) is 4.79 Å². The molecule has 188 valence electrons. The predicted molar refractivity (Wildman–Crippen MR) is 138 cm³/mol. The van der Waals surface area contributed by atoms with Gasteiger partial charge in [0.2, 0.25) is 0 Å². The number of urea groups is 1. The smallest absolute Gasteiger partial charge is 0.318 e. The summed E-state index contributed by atoms with van der Waals surface area (Å²) in [7, 11) is 0. The fourth-order valence-electron chi connectivity index (χ4n) is 4.84. The third-order valence-corrected chi connectivity index (χ3v) is 6.99. The molecule has 0 saturated carbocycles. The number of rotatable bonds is 7. The van der Waals surface area contributed by atoms with Crippen LogP contribution in [0.3, 0.4) is 0 Å². The second kappa shape index (κ2) is 11.6. The summed E-state index contributed by atoms with van der Waals surface area (Å²) in [6, 6.07) is 15.8. The fourth-order valence-corrected chi connectivity index (χ4v) is 4.84. The summed E-state index contributed by atoms with van der Waals surface area (Å²) < 4.78 is 0. The molecule has 0 unspecified atom stereocenters. The molecule has 3 N–H and O–H groups in total. The molecule has 2 aromatic carbocycles. The summed E-state index contributed by atoms with van der Waals surface area (Å²) in [6.45, 7) is 5.34. The molecular weight excluding hydrogens is 444 g/mol. The van der Waals surface area contributed by atoms with Gasteiger partial charge in [0.1, 0.15) is 12.6 Å². The van der Waals surface area contributed by atoms with Crippen molar-refractivity contribution in [2.45, 2.75) is 38.3 Å². The number of nitrogens with zero attached hydrogens (tertiary/aromatic N) is 3. The van der Waals surface area contributed by atoms with Crippen molar-refractivity contribution >= 4 is 23.2 Å². The van der Waals surface area contributed by atoms with Gasteiger partial charge in [-0.15, -0.1) is 0 Å². The highest BCUT2D eigenvalue weighted by atomic mass is 16.3. The first kappa shape index (κ1) is 25.0. The van der Waals surface area contributed by atoms with Gasteiger partial charge < -0.3 is 30.2 Å². The summed E-state index contributed by atoms with van der Waals surface area (Å²) >= 11 is 0. The maximum Gasteiger partial charge on any atom is 0.318 e. The van der Waals surface area contributed by atoms with Gasteiger partial charge in [0.05, 0.1) is 6.10 Å². The number of anilines is 2. The van der Waals surface area contributed by atoms with Crippen molar-refractivity contribution in [2.24, 2.45) is 0 Å². The number of piperidine rings is 1. The van der Waals surface area contributed by atoms with E-state index in [0.29, 0.717) is 26.2 Å². The molecule has 0 aliphatic carbocycles. The molecule has 8 heteroatoms. The van der Waals surface area contributed by atoms with Crippen molar-refractivity contribution in [3.8, 4) is 11.1 Å². The second-order valence-electron chi connectivity index (χ2n) is 9.41. The van der Waals surface area contributed by atoms with Crippen LogP contribution < -0.4 is 15.1 Å². The Morgan fingerprint density at radius 1 is 0.800 bits per heavy atom. The van der Waals surface area contributed by atoms with Crippen LogP contribution in [0.1, 0.15) is 26.2 Å². The molecule has 0 spiro atoms. The minimum Gasteiger partial charge on any atom is -0.391 e. The number of amides is 2. The molecule has 2 saturated heterocycles. The van der Waals surface area contributed by atoms with E-state index in [1.54, 1.807) is 4.90 Å². The zero-order chi connectivity index (χ0) is 24.8. The van der Waals surface area contributed by atoms with Crippen LogP contribution in [-0.4, -0.2) is 84.9 Å². The number of hydrogen-bond donors (Lipinski definition) is 3. The first-order valence-electron chi connectivity index (χ1n) is 12.5. The Balaban J connectivity index is 1.31. The number of benzene rings is 2. The van der Waals surface area contributed by atoms with E-state index >= 15 is 0 Å². The largest absolute Gasteiger partial charge is 0.391 e. The van der Waals surface area contributed by atoms with Gasteiger partial charge in [-0.05, 0) is 61.6 Å². The Hall–Kier alpha value is -3.10. The van der Waals surface area contributed by atoms with Crippen molar-refractivity contribution < 1.29 is 19.8 Å². The van der Waals surface area contributed by atoms with E-state index in [1.165, 1.54) is 43.0 Å². The molecule has 2 aliphatic heterocycles. The van der Waals surface area contributed by atoms with Crippen LogP contribution in [-0.2, 0) is 4.79 Å². The van der Waals surface area contributed by atoms with Gasteiger partial charge in [-0.1, -0.05) is 24.3 Å². The summed E-state index contributed by atoms with van der Waals surface area (Å²) in [5.74, 6) is -0.604. The van der Waals surface area contributed by atoms with Crippen LogP contribution in [0, 0.1) is 0 Å². The van der Waals surface area contributed by atoms with E-state index in [0.717, 1.165) is 18.8 Å². The van der Waals surface area contributed by atoms with Crippen LogP contribution >= 0.6 is 0 Å². The third kappa shape index (κ3) is 6.13. The minimum atomic E-state index is -1.10. The van der Waals surface area contributed by atoms with Crippen molar-refractivity contribution in [2.75, 3.05) is 55.7 Å². The van der Waals surface area contributed by atoms with E-state index in [-0.39, 0.29) is 0 Å². The van der Waals surface area contributed by atoms with Gasteiger partial charge >= 0.3 is 6.03 Å². The molecule has 2 amide bonds. The Bertz CT molecular complexity index is 979. The Morgan fingerprint density at radius 3 is 1.74 bits per heavy atom. The molecule has 2 heterocycles. The van der Waals surface area contributed by atoms with E-state index in [2.05, 4.69) is 63.6 Å². The number of hydrogen-bond acceptors (Lipinski definition) is 6. The van der Waals surface area contributed by atoms with Crippen molar-refractivity contribution in [3.05, 3.63) is 48.5 Å². The lowest BCUT2D eigenvalue weighted by Crippen LogP contribution is -2.57.